The van der Waals surface area contributed by atoms with Gasteiger partial charge >= 0.3 is 0 Å². The van der Waals surface area contributed by atoms with Crippen molar-refractivity contribution in [2.45, 2.75) is 6.92 Å². The summed E-state index contributed by atoms with van der Waals surface area (Å²) in [5.74, 6) is -0.470. The molecule has 0 spiro atoms. The van der Waals surface area contributed by atoms with Gasteiger partial charge in [0.2, 0.25) is 0 Å². The Morgan fingerprint density at radius 1 is 2.00 bits per heavy atom. The van der Waals surface area contributed by atoms with Crippen LogP contribution in [0.15, 0.2) is 4.99 Å². The van der Waals surface area contributed by atoms with Crippen molar-refractivity contribution >= 4 is 12.2 Å². The fourth-order valence-corrected chi connectivity index (χ4v) is 0.244. The topological polar surface area (TPSA) is 91.4 Å². The molecule has 0 saturated heterocycles. The van der Waals surface area contributed by atoms with Gasteiger partial charge < -0.3 is 0 Å². The highest BCUT2D eigenvalue weighted by Crippen LogP contribution is 1.66. The van der Waals surface area contributed by atoms with E-state index < -0.39 is 11.0 Å². The van der Waals surface area contributed by atoms with Crippen LogP contribution >= 0.6 is 0 Å². The molecule has 0 aliphatic carbocycles. The molecule has 9 heavy (non-hydrogen) atoms. The monoisotopic (exact) mass is 130 g/mol. The highest BCUT2D eigenvalue weighted by atomic mass is 16.7. The fraction of sp³-hybridized carbons (Fsp3) is 0.333. The van der Waals surface area contributed by atoms with Crippen LogP contribution in [0.25, 0.3) is 0 Å². The predicted molar refractivity (Wildman–Crippen MR) is 32.0 cm³/mol. The zero-order valence-corrected chi connectivity index (χ0v) is 4.79. The molecule has 0 aliphatic heterocycles. The molecule has 0 radical (unpaired) electrons. The molecule has 0 bridgehead atoms. The van der Waals surface area contributed by atoms with Crippen molar-refractivity contribution in [3.63, 3.8) is 0 Å². The molecule has 2 N–H and O–H groups in total. The van der Waals surface area contributed by atoms with Crippen LogP contribution in [0, 0.1) is 15.5 Å². The van der Waals surface area contributed by atoms with Crippen LogP contribution in [0.3, 0.4) is 0 Å². The minimum Gasteiger partial charge on any atom is -0.263 e. The lowest BCUT2D eigenvalue weighted by Crippen LogP contribution is -2.26. The zero-order chi connectivity index (χ0) is 7.28. The molecule has 0 aromatic rings. The third-order valence-electron chi connectivity index (χ3n) is 0.455. The third-order valence-corrected chi connectivity index (χ3v) is 0.455. The molecule has 0 aliphatic rings. The average molecular weight is 130 g/mol. The molecule has 6 nitrogen and oxygen atoms in total. The van der Waals surface area contributed by atoms with Crippen LogP contribution < -0.4 is 5.43 Å². The van der Waals surface area contributed by atoms with E-state index in [2.05, 4.69) is 4.99 Å². The Kier molecular flexibility index (Phi) is 2.96. The van der Waals surface area contributed by atoms with E-state index in [0.717, 1.165) is 0 Å². The number of hydrogen-bond donors (Lipinski definition) is 2. The Morgan fingerprint density at radius 3 is 2.89 bits per heavy atom. The maximum atomic E-state index is 9.56. The number of hydrogen-bond acceptors (Lipinski definition) is 3. The number of aliphatic imine (C=N–C) groups is 1. The fourth-order valence-electron chi connectivity index (χ4n) is 0.244. The Bertz CT molecular complexity index is 152. The van der Waals surface area contributed by atoms with Gasteiger partial charge in [-0.25, -0.2) is 15.1 Å². The highest BCUT2D eigenvalue weighted by molar-refractivity contribution is 5.83. The molecule has 0 aromatic heterocycles. The van der Waals surface area contributed by atoms with Crippen molar-refractivity contribution in [1.29, 1.82) is 5.41 Å². The number of rotatable bonds is 1. The second-order valence-electron chi connectivity index (χ2n) is 1.10. The van der Waals surface area contributed by atoms with Crippen molar-refractivity contribution in [1.82, 2.24) is 5.43 Å². The maximum Gasteiger partial charge on any atom is 0.277 e. The lowest BCUT2D eigenvalue weighted by atomic mass is 10.8. The maximum absolute atomic E-state index is 9.56. The number of guanidine groups is 1. The second-order valence-corrected chi connectivity index (χ2v) is 1.10. The first kappa shape index (κ1) is 7.54. The van der Waals surface area contributed by atoms with E-state index in [1.54, 1.807) is 12.3 Å². The first-order valence-corrected chi connectivity index (χ1v) is 2.15. The smallest absolute Gasteiger partial charge is 0.263 e. The van der Waals surface area contributed by atoms with Crippen LogP contribution in [0.1, 0.15) is 6.92 Å². The molecular formula is C3H6N4O2. The van der Waals surface area contributed by atoms with Gasteiger partial charge in [-0.1, -0.05) is 5.43 Å². The lowest BCUT2D eigenvalue weighted by Gasteiger charge is -1.88. The van der Waals surface area contributed by atoms with Gasteiger partial charge in [-0.2, -0.15) is 0 Å². The number of hydrazine groups is 1. The molecule has 6 heteroatoms. The summed E-state index contributed by atoms with van der Waals surface area (Å²) in [7, 11) is 0. The summed E-state index contributed by atoms with van der Waals surface area (Å²) >= 11 is 0. The summed E-state index contributed by atoms with van der Waals surface area (Å²) in [6.45, 7) is 1.57. The van der Waals surface area contributed by atoms with Gasteiger partial charge in [0.25, 0.3) is 5.96 Å². The Morgan fingerprint density at radius 2 is 2.56 bits per heavy atom. The van der Waals surface area contributed by atoms with E-state index in [1.807, 2.05) is 0 Å². The van der Waals surface area contributed by atoms with Gasteiger partial charge in [0.15, 0.2) is 5.03 Å². The zero-order valence-electron chi connectivity index (χ0n) is 4.79. The molecule has 0 rings (SSSR count). The minimum atomic E-state index is -0.838. The normalized spacial score (nSPS) is 9.44. The first-order valence-electron chi connectivity index (χ1n) is 2.15. The molecule has 0 unspecified atom stereocenters. The van der Waals surface area contributed by atoms with Crippen molar-refractivity contribution in [2.75, 3.05) is 0 Å². The highest BCUT2D eigenvalue weighted by Gasteiger charge is 1.95. The van der Waals surface area contributed by atoms with Gasteiger partial charge in [-0.05, 0) is 6.92 Å². The van der Waals surface area contributed by atoms with Crippen molar-refractivity contribution < 1.29 is 5.03 Å². The largest absolute Gasteiger partial charge is 0.277 e. The average Bonchev–Trinajstić information content (AvgIpc) is 1.63. The summed E-state index contributed by atoms with van der Waals surface area (Å²) < 4.78 is 0. The molecule has 0 saturated carbocycles. The molecule has 0 aromatic carbocycles. The summed E-state index contributed by atoms with van der Waals surface area (Å²) in [5, 5.41) is 15.4. The van der Waals surface area contributed by atoms with E-state index in [-0.39, 0.29) is 0 Å². The van der Waals surface area contributed by atoms with Gasteiger partial charge in [-0.3, -0.25) is 5.41 Å². The van der Waals surface area contributed by atoms with Crippen molar-refractivity contribution in [3.05, 3.63) is 10.1 Å². The van der Waals surface area contributed by atoms with E-state index >= 15 is 0 Å². The number of nitro groups is 1. The SMILES string of the molecule is CC=NC(=N)N[N+](=O)[O-]. The Balaban J connectivity index is 3.64. The van der Waals surface area contributed by atoms with E-state index in [4.69, 9.17) is 5.41 Å². The van der Waals surface area contributed by atoms with Crippen molar-refractivity contribution in [2.24, 2.45) is 4.99 Å². The van der Waals surface area contributed by atoms with Crippen molar-refractivity contribution in [3.8, 4) is 0 Å². The van der Waals surface area contributed by atoms with Gasteiger partial charge in [0.05, 0.1) is 0 Å². The number of nitrogens with one attached hydrogen (secondary N) is 2. The summed E-state index contributed by atoms with van der Waals surface area (Å²) in [6.07, 6.45) is 1.29. The van der Waals surface area contributed by atoms with Crippen LogP contribution in [0.5, 0.6) is 0 Å². The predicted octanol–water partition coefficient (Wildman–Crippen LogP) is -0.207. The molecule has 0 amide bonds. The quantitative estimate of drug-likeness (QED) is 0.223. The summed E-state index contributed by atoms with van der Waals surface area (Å²) in [6, 6.07) is 0. The van der Waals surface area contributed by atoms with Gasteiger partial charge in [-0.15, -0.1) is 0 Å². The van der Waals surface area contributed by atoms with Crippen LogP contribution in [0.2, 0.25) is 0 Å². The minimum absolute atomic E-state index is 0.470. The standard InChI is InChI=1S/C3H6N4O2/c1-2-5-3(4)6-7(8)9/h2H,1H3,(H2,4,6). The van der Waals surface area contributed by atoms with Gasteiger partial charge in [0.1, 0.15) is 0 Å². The Hall–Kier alpha value is -1.46. The molecule has 0 heterocycles. The molecular weight excluding hydrogens is 124 g/mol. The first-order chi connectivity index (χ1) is 4.16. The van der Waals surface area contributed by atoms with E-state index in [1.165, 1.54) is 6.21 Å². The van der Waals surface area contributed by atoms with E-state index in [9.17, 15) is 10.1 Å². The molecule has 0 atom stereocenters. The van der Waals surface area contributed by atoms with Gasteiger partial charge in [0, 0.05) is 6.21 Å². The second kappa shape index (κ2) is 3.53. The lowest BCUT2D eigenvalue weighted by molar-refractivity contribution is -0.525. The van der Waals surface area contributed by atoms with Crippen LogP contribution in [-0.4, -0.2) is 17.2 Å². The summed E-state index contributed by atoms with van der Waals surface area (Å²) in [5.41, 5.74) is 1.55. The molecule has 50 valence electrons. The van der Waals surface area contributed by atoms with E-state index in [0.29, 0.717) is 0 Å². The van der Waals surface area contributed by atoms with Crippen LogP contribution in [-0.2, 0) is 0 Å². The number of nitrogens with zero attached hydrogens (tertiary/aromatic N) is 2. The Labute approximate surface area is 51.2 Å². The third kappa shape index (κ3) is 4.39. The molecule has 0 fully saturated rings. The summed E-state index contributed by atoms with van der Waals surface area (Å²) in [4.78, 5) is 12.8. The van der Waals surface area contributed by atoms with Crippen LogP contribution in [0.4, 0.5) is 0 Å².